The molecule has 3 nitrogen and oxygen atoms in total. The highest BCUT2D eigenvalue weighted by Crippen LogP contribution is 2.10. The van der Waals surface area contributed by atoms with Crippen LogP contribution in [0.5, 0.6) is 0 Å². The molecule has 1 N–H and O–H groups in total. The first kappa shape index (κ1) is 10.3. The van der Waals surface area contributed by atoms with E-state index in [1.165, 1.54) is 0 Å². The number of aliphatic hydroxyl groups is 1. The SMILES string of the molecule is OC(CS)COC1CCOCC1. The van der Waals surface area contributed by atoms with Crippen LogP contribution < -0.4 is 0 Å². The van der Waals surface area contributed by atoms with Gasteiger partial charge in [0, 0.05) is 19.0 Å². The number of ether oxygens (including phenoxy) is 2. The fraction of sp³-hybridized carbons (Fsp3) is 1.00. The Morgan fingerprint density at radius 3 is 2.75 bits per heavy atom. The van der Waals surface area contributed by atoms with E-state index in [9.17, 15) is 0 Å². The maximum Gasteiger partial charge on any atom is 0.0861 e. The zero-order valence-electron chi connectivity index (χ0n) is 7.11. The second-order valence-electron chi connectivity index (χ2n) is 2.98. The van der Waals surface area contributed by atoms with Gasteiger partial charge in [0.1, 0.15) is 0 Å². The van der Waals surface area contributed by atoms with Crippen LogP contribution in [0.4, 0.5) is 0 Å². The first-order valence-electron chi connectivity index (χ1n) is 4.31. The van der Waals surface area contributed by atoms with Gasteiger partial charge in [-0.05, 0) is 12.8 Å². The smallest absolute Gasteiger partial charge is 0.0861 e. The summed E-state index contributed by atoms with van der Waals surface area (Å²) in [5.74, 6) is 0.462. The van der Waals surface area contributed by atoms with Crippen molar-refractivity contribution in [3.05, 3.63) is 0 Å². The molecule has 0 spiro atoms. The van der Waals surface area contributed by atoms with Crippen molar-refractivity contribution in [2.45, 2.75) is 25.0 Å². The van der Waals surface area contributed by atoms with Crippen LogP contribution in [0.15, 0.2) is 0 Å². The topological polar surface area (TPSA) is 38.7 Å². The number of hydrogen-bond donors (Lipinski definition) is 2. The lowest BCUT2D eigenvalue weighted by molar-refractivity contribution is -0.0548. The van der Waals surface area contributed by atoms with Crippen molar-refractivity contribution >= 4 is 12.6 Å². The number of hydrogen-bond acceptors (Lipinski definition) is 4. The Morgan fingerprint density at radius 2 is 2.17 bits per heavy atom. The average molecular weight is 192 g/mol. The molecule has 1 unspecified atom stereocenters. The summed E-state index contributed by atoms with van der Waals surface area (Å²) in [5.41, 5.74) is 0. The molecular formula is C8H16O3S. The summed E-state index contributed by atoms with van der Waals surface area (Å²) >= 11 is 3.96. The van der Waals surface area contributed by atoms with Crippen molar-refractivity contribution in [3.8, 4) is 0 Å². The third-order valence-electron chi connectivity index (χ3n) is 1.90. The number of thiol groups is 1. The monoisotopic (exact) mass is 192 g/mol. The van der Waals surface area contributed by atoms with Crippen LogP contribution in [0.1, 0.15) is 12.8 Å². The molecule has 0 aliphatic carbocycles. The standard InChI is InChI=1S/C8H16O3S/c9-7(6-12)5-11-8-1-3-10-4-2-8/h7-9,12H,1-6H2. The minimum atomic E-state index is -0.434. The van der Waals surface area contributed by atoms with Crippen LogP contribution in [0.2, 0.25) is 0 Å². The third-order valence-corrected chi connectivity index (χ3v) is 2.32. The lowest BCUT2D eigenvalue weighted by Crippen LogP contribution is -2.27. The third kappa shape index (κ3) is 3.76. The lowest BCUT2D eigenvalue weighted by atomic mass is 10.1. The minimum absolute atomic E-state index is 0.272. The van der Waals surface area contributed by atoms with E-state index >= 15 is 0 Å². The molecule has 0 amide bonds. The summed E-state index contributed by atoms with van der Waals surface area (Å²) in [4.78, 5) is 0. The molecule has 0 bridgehead atoms. The van der Waals surface area contributed by atoms with Gasteiger partial charge >= 0.3 is 0 Å². The molecule has 1 aliphatic rings. The molecule has 0 radical (unpaired) electrons. The zero-order chi connectivity index (χ0) is 8.81. The van der Waals surface area contributed by atoms with Gasteiger partial charge in [-0.3, -0.25) is 0 Å². The Morgan fingerprint density at radius 1 is 1.50 bits per heavy atom. The van der Waals surface area contributed by atoms with E-state index in [0.29, 0.717) is 12.4 Å². The summed E-state index contributed by atoms with van der Waals surface area (Å²) in [6, 6.07) is 0. The molecule has 0 aromatic heterocycles. The summed E-state index contributed by atoms with van der Waals surface area (Å²) in [5, 5.41) is 9.16. The van der Waals surface area contributed by atoms with Crippen LogP contribution >= 0.6 is 12.6 Å². The molecule has 1 aliphatic heterocycles. The van der Waals surface area contributed by atoms with Crippen LogP contribution in [-0.2, 0) is 9.47 Å². The molecular weight excluding hydrogens is 176 g/mol. The average Bonchev–Trinajstić information content (AvgIpc) is 2.16. The van der Waals surface area contributed by atoms with Gasteiger partial charge in [0.25, 0.3) is 0 Å². The molecule has 72 valence electrons. The summed E-state index contributed by atoms with van der Waals surface area (Å²) in [6.07, 6.45) is 1.72. The minimum Gasteiger partial charge on any atom is -0.390 e. The molecule has 1 saturated heterocycles. The summed E-state index contributed by atoms with van der Waals surface area (Å²) in [7, 11) is 0. The Bertz CT molecular complexity index is 115. The van der Waals surface area contributed by atoms with Gasteiger partial charge in [-0.25, -0.2) is 0 Å². The van der Waals surface area contributed by atoms with Crippen molar-refractivity contribution in [1.29, 1.82) is 0 Å². The van der Waals surface area contributed by atoms with E-state index < -0.39 is 6.10 Å². The summed E-state index contributed by atoms with van der Waals surface area (Å²) in [6.45, 7) is 1.96. The highest BCUT2D eigenvalue weighted by Gasteiger charge is 2.15. The van der Waals surface area contributed by atoms with Gasteiger partial charge in [0.15, 0.2) is 0 Å². The maximum atomic E-state index is 9.16. The summed E-state index contributed by atoms with van der Waals surface area (Å²) < 4.78 is 10.6. The van der Waals surface area contributed by atoms with Crippen molar-refractivity contribution in [2.75, 3.05) is 25.6 Å². The molecule has 12 heavy (non-hydrogen) atoms. The zero-order valence-corrected chi connectivity index (χ0v) is 8.00. The second-order valence-corrected chi connectivity index (χ2v) is 3.35. The van der Waals surface area contributed by atoms with Gasteiger partial charge in [-0.2, -0.15) is 12.6 Å². The second kappa shape index (κ2) is 5.80. The molecule has 0 aromatic carbocycles. The molecule has 1 rings (SSSR count). The van der Waals surface area contributed by atoms with Crippen molar-refractivity contribution in [2.24, 2.45) is 0 Å². The lowest BCUT2D eigenvalue weighted by Gasteiger charge is -2.23. The first-order valence-corrected chi connectivity index (χ1v) is 4.94. The van der Waals surface area contributed by atoms with Gasteiger partial charge in [-0.15, -0.1) is 0 Å². The van der Waals surface area contributed by atoms with Crippen molar-refractivity contribution in [3.63, 3.8) is 0 Å². The Balaban J connectivity index is 2.05. The highest BCUT2D eigenvalue weighted by molar-refractivity contribution is 7.80. The van der Waals surface area contributed by atoms with Gasteiger partial charge in [-0.1, -0.05) is 0 Å². The van der Waals surface area contributed by atoms with Gasteiger partial charge < -0.3 is 14.6 Å². The quantitative estimate of drug-likeness (QED) is 0.636. The van der Waals surface area contributed by atoms with E-state index in [0.717, 1.165) is 26.1 Å². The van der Waals surface area contributed by atoms with E-state index in [1.54, 1.807) is 0 Å². The highest BCUT2D eigenvalue weighted by atomic mass is 32.1. The maximum absolute atomic E-state index is 9.16. The van der Waals surface area contributed by atoms with E-state index in [4.69, 9.17) is 14.6 Å². The number of rotatable bonds is 4. The Hall–Kier alpha value is 0.230. The van der Waals surface area contributed by atoms with Crippen LogP contribution in [-0.4, -0.2) is 42.9 Å². The predicted octanol–water partition coefficient (Wildman–Crippen LogP) is 0.473. The van der Waals surface area contributed by atoms with Gasteiger partial charge in [0.05, 0.1) is 18.8 Å². The van der Waals surface area contributed by atoms with Crippen LogP contribution in [0.25, 0.3) is 0 Å². The molecule has 1 fully saturated rings. The normalized spacial score (nSPS) is 22.5. The van der Waals surface area contributed by atoms with Gasteiger partial charge in [0.2, 0.25) is 0 Å². The van der Waals surface area contributed by atoms with Crippen LogP contribution in [0, 0.1) is 0 Å². The van der Waals surface area contributed by atoms with E-state index in [-0.39, 0.29) is 6.10 Å². The first-order chi connectivity index (χ1) is 5.83. The predicted molar refractivity (Wildman–Crippen MR) is 49.7 cm³/mol. The van der Waals surface area contributed by atoms with E-state index in [1.807, 2.05) is 0 Å². The number of aliphatic hydroxyl groups excluding tert-OH is 1. The van der Waals surface area contributed by atoms with E-state index in [2.05, 4.69) is 12.6 Å². The Labute approximate surface area is 78.5 Å². The molecule has 1 heterocycles. The molecule has 1 atom stereocenters. The van der Waals surface area contributed by atoms with Crippen molar-refractivity contribution < 1.29 is 14.6 Å². The van der Waals surface area contributed by atoms with Crippen LogP contribution in [0.3, 0.4) is 0 Å². The van der Waals surface area contributed by atoms with Crippen molar-refractivity contribution in [1.82, 2.24) is 0 Å². The fourth-order valence-electron chi connectivity index (χ4n) is 1.14. The largest absolute Gasteiger partial charge is 0.390 e. The fourth-order valence-corrected chi connectivity index (χ4v) is 1.25. The molecule has 0 aromatic rings. The Kier molecular flexibility index (Phi) is 4.99. The molecule has 0 saturated carbocycles. The molecule has 4 heteroatoms.